The van der Waals surface area contributed by atoms with Gasteiger partial charge in [-0.15, -0.1) is 0 Å². The lowest BCUT2D eigenvalue weighted by Gasteiger charge is -2.26. The second-order valence-corrected chi connectivity index (χ2v) is 8.07. The number of nitrogens with zero attached hydrogens (tertiary/aromatic N) is 3. The number of carbonyl (C=O) groups is 1. The monoisotopic (exact) mass is 396 g/mol. The maximum Gasteiger partial charge on any atom is 0.227 e. The molecule has 26 heavy (non-hydrogen) atoms. The Bertz CT molecular complexity index is 955. The molecule has 3 rings (SSSR count). The highest BCUT2D eigenvalue weighted by molar-refractivity contribution is 7.91. The number of methoxy groups -OCH3 is 1. The van der Waals surface area contributed by atoms with Gasteiger partial charge in [-0.2, -0.15) is 4.98 Å². The molecular weight excluding hydrogens is 380 g/mol. The summed E-state index contributed by atoms with van der Waals surface area (Å²) in [6, 6.07) is 4.13. The highest BCUT2D eigenvalue weighted by Gasteiger charge is 2.25. The van der Waals surface area contributed by atoms with Crippen molar-refractivity contribution in [3.05, 3.63) is 29.4 Å². The van der Waals surface area contributed by atoms with Gasteiger partial charge in [0, 0.05) is 25.9 Å². The Morgan fingerprint density at radius 2 is 1.96 bits per heavy atom. The summed E-state index contributed by atoms with van der Waals surface area (Å²) in [4.78, 5) is 21.1. The maximum absolute atomic E-state index is 12.8. The molecule has 0 saturated carbocycles. The number of ketones is 1. The first-order valence-corrected chi connectivity index (χ1v) is 9.67. The van der Waals surface area contributed by atoms with E-state index in [2.05, 4.69) is 9.97 Å². The van der Waals surface area contributed by atoms with Crippen LogP contribution in [-0.2, 0) is 14.6 Å². The van der Waals surface area contributed by atoms with E-state index in [1.807, 2.05) is 0 Å². The number of benzene rings is 1. The zero-order valence-corrected chi connectivity index (χ0v) is 15.5. The van der Waals surface area contributed by atoms with Crippen LogP contribution in [0, 0.1) is 0 Å². The molecule has 1 saturated heterocycles. The Morgan fingerprint density at radius 3 is 2.54 bits per heavy atom. The highest BCUT2D eigenvalue weighted by Crippen LogP contribution is 2.31. The van der Waals surface area contributed by atoms with Gasteiger partial charge >= 0.3 is 0 Å². The van der Waals surface area contributed by atoms with Crippen LogP contribution in [-0.4, -0.2) is 44.4 Å². The zero-order valence-electron chi connectivity index (χ0n) is 14.0. The molecular formula is C16H17ClN4O4S. The zero-order chi connectivity index (χ0) is 18.9. The van der Waals surface area contributed by atoms with Crippen molar-refractivity contribution in [2.24, 2.45) is 0 Å². The molecule has 138 valence electrons. The van der Waals surface area contributed by atoms with Crippen LogP contribution in [0.3, 0.4) is 0 Å². The van der Waals surface area contributed by atoms with Crippen molar-refractivity contribution in [2.45, 2.75) is 22.6 Å². The standard InChI is InChI=1S/C16H17ClN4O4S/c1-25-13-3-2-11(8-12(13)17)26(23,24)14-9-19-16(20-15(14)18)21-6-4-10(22)5-7-21/h2-3,8-9H,4-7H2,1H3,(H2,18,19,20). The van der Waals surface area contributed by atoms with Gasteiger partial charge in [-0.05, 0) is 18.2 Å². The van der Waals surface area contributed by atoms with Gasteiger partial charge in [0.1, 0.15) is 22.2 Å². The van der Waals surface area contributed by atoms with E-state index in [9.17, 15) is 13.2 Å². The van der Waals surface area contributed by atoms with E-state index < -0.39 is 9.84 Å². The summed E-state index contributed by atoms with van der Waals surface area (Å²) in [6.45, 7) is 0.969. The van der Waals surface area contributed by atoms with E-state index in [0.29, 0.717) is 37.6 Å². The van der Waals surface area contributed by atoms with Crippen molar-refractivity contribution in [1.82, 2.24) is 9.97 Å². The molecule has 0 amide bonds. The molecule has 1 aromatic heterocycles. The lowest BCUT2D eigenvalue weighted by molar-refractivity contribution is -0.119. The molecule has 1 aliphatic rings. The minimum absolute atomic E-state index is 0.0325. The van der Waals surface area contributed by atoms with Crippen molar-refractivity contribution >= 4 is 39.0 Å². The quantitative estimate of drug-likeness (QED) is 0.830. The molecule has 10 heteroatoms. The van der Waals surface area contributed by atoms with E-state index >= 15 is 0 Å². The fourth-order valence-electron chi connectivity index (χ4n) is 2.63. The molecule has 1 aliphatic heterocycles. The third-order valence-corrected chi connectivity index (χ3v) is 6.16. The van der Waals surface area contributed by atoms with E-state index in [1.165, 1.54) is 31.5 Å². The van der Waals surface area contributed by atoms with Crippen LogP contribution in [0.2, 0.25) is 5.02 Å². The number of anilines is 2. The second-order valence-electron chi connectivity index (χ2n) is 5.75. The number of nitrogen functional groups attached to an aromatic ring is 1. The van der Waals surface area contributed by atoms with E-state index in [0.717, 1.165) is 0 Å². The number of halogens is 1. The van der Waals surface area contributed by atoms with Gasteiger partial charge in [-0.3, -0.25) is 4.79 Å². The summed E-state index contributed by atoms with van der Waals surface area (Å²) in [7, 11) is -2.50. The van der Waals surface area contributed by atoms with E-state index in [-0.39, 0.29) is 26.4 Å². The van der Waals surface area contributed by atoms with Crippen LogP contribution < -0.4 is 15.4 Å². The number of piperidine rings is 1. The minimum Gasteiger partial charge on any atom is -0.495 e. The Labute approximate surface area is 155 Å². The van der Waals surface area contributed by atoms with Crippen molar-refractivity contribution in [1.29, 1.82) is 0 Å². The summed E-state index contributed by atoms with van der Waals surface area (Å²) < 4.78 is 30.7. The number of Topliss-reactive ketones (excluding diaryl/α,β-unsaturated/α-hetero) is 1. The van der Waals surface area contributed by atoms with Crippen molar-refractivity contribution in [2.75, 3.05) is 30.8 Å². The summed E-state index contributed by atoms with van der Waals surface area (Å²) in [6.07, 6.45) is 2.00. The molecule has 0 bridgehead atoms. The van der Waals surface area contributed by atoms with Gasteiger partial charge in [0.2, 0.25) is 15.8 Å². The van der Waals surface area contributed by atoms with Crippen molar-refractivity contribution < 1.29 is 17.9 Å². The van der Waals surface area contributed by atoms with Crippen LogP contribution in [0.25, 0.3) is 0 Å². The summed E-state index contributed by atoms with van der Waals surface area (Å²) >= 11 is 6.02. The molecule has 1 fully saturated rings. The molecule has 2 N–H and O–H groups in total. The topological polar surface area (TPSA) is 115 Å². The summed E-state index contributed by atoms with van der Waals surface area (Å²) in [5, 5.41) is 0.169. The van der Waals surface area contributed by atoms with Gasteiger partial charge in [-0.1, -0.05) is 11.6 Å². The number of hydrogen-bond donors (Lipinski definition) is 1. The van der Waals surface area contributed by atoms with Crippen molar-refractivity contribution in [3.63, 3.8) is 0 Å². The van der Waals surface area contributed by atoms with E-state index in [1.54, 1.807) is 4.90 Å². The van der Waals surface area contributed by atoms with Crippen molar-refractivity contribution in [3.8, 4) is 5.75 Å². The number of carbonyl (C=O) groups excluding carboxylic acids is 1. The molecule has 0 radical (unpaired) electrons. The fraction of sp³-hybridized carbons (Fsp3) is 0.312. The highest BCUT2D eigenvalue weighted by atomic mass is 35.5. The predicted molar refractivity (Wildman–Crippen MR) is 96.4 cm³/mol. The van der Waals surface area contributed by atoms with Crippen LogP contribution in [0.5, 0.6) is 5.75 Å². The van der Waals surface area contributed by atoms with Crippen LogP contribution in [0.1, 0.15) is 12.8 Å². The minimum atomic E-state index is -3.94. The first-order valence-electron chi connectivity index (χ1n) is 7.80. The summed E-state index contributed by atoms with van der Waals surface area (Å²) in [5.41, 5.74) is 5.89. The fourth-order valence-corrected chi connectivity index (χ4v) is 4.24. The first kappa shape index (κ1) is 18.4. The Balaban J connectivity index is 1.93. The lowest BCUT2D eigenvalue weighted by Crippen LogP contribution is -2.35. The smallest absolute Gasteiger partial charge is 0.227 e. The number of ether oxygens (including phenoxy) is 1. The predicted octanol–water partition coefficient (Wildman–Crippen LogP) is 1.72. The number of aromatic nitrogens is 2. The summed E-state index contributed by atoms with van der Waals surface area (Å²) in [5.74, 6) is 0.704. The normalized spacial score (nSPS) is 15.2. The molecule has 1 aromatic carbocycles. The molecule has 8 nitrogen and oxygen atoms in total. The Kier molecular flexibility index (Phi) is 5.01. The van der Waals surface area contributed by atoms with Crippen LogP contribution in [0.4, 0.5) is 11.8 Å². The molecule has 2 aromatic rings. The lowest BCUT2D eigenvalue weighted by atomic mass is 10.1. The van der Waals surface area contributed by atoms with Gasteiger partial charge in [-0.25, -0.2) is 13.4 Å². The maximum atomic E-state index is 12.8. The second kappa shape index (κ2) is 7.08. The number of rotatable bonds is 4. The largest absolute Gasteiger partial charge is 0.495 e. The molecule has 0 aliphatic carbocycles. The molecule has 0 spiro atoms. The molecule has 0 unspecified atom stereocenters. The van der Waals surface area contributed by atoms with Gasteiger partial charge < -0.3 is 15.4 Å². The van der Waals surface area contributed by atoms with Gasteiger partial charge in [0.25, 0.3) is 0 Å². The average Bonchev–Trinajstić information content (AvgIpc) is 2.62. The molecule has 2 heterocycles. The third-order valence-electron chi connectivity index (χ3n) is 4.10. The Hall–Kier alpha value is -2.39. The van der Waals surface area contributed by atoms with Crippen LogP contribution >= 0.6 is 11.6 Å². The average molecular weight is 397 g/mol. The molecule has 0 atom stereocenters. The number of sulfone groups is 1. The van der Waals surface area contributed by atoms with Gasteiger partial charge in [0.15, 0.2) is 0 Å². The first-order chi connectivity index (χ1) is 12.3. The van der Waals surface area contributed by atoms with Gasteiger partial charge in [0.05, 0.1) is 23.2 Å². The third kappa shape index (κ3) is 3.45. The number of hydrogen-bond acceptors (Lipinski definition) is 8. The number of nitrogens with two attached hydrogens (primary N) is 1. The van der Waals surface area contributed by atoms with Crippen LogP contribution in [0.15, 0.2) is 34.2 Å². The van der Waals surface area contributed by atoms with E-state index in [4.69, 9.17) is 22.1 Å². The Morgan fingerprint density at radius 1 is 1.27 bits per heavy atom. The SMILES string of the molecule is COc1ccc(S(=O)(=O)c2cnc(N3CCC(=O)CC3)nc2N)cc1Cl.